The summed E-state index contributed by atoms with van der Waals surface area (Å²) in [6.07, 6.45) is 1.30. The minimum Gasteiger partial charge on any atom is -0.491 e. The van der Waals surface area contributed by atoms with Crippen LogP contribution in [0.5, 0.6) is 5.75 Å². The van der Waals surface area contributed by atoms with Crippen LogP contribution in [0.15, 0.2) is 18.2 Å². The van der Waals surface area contributed by atoms with Gasteiger partial charge in [-0.2, -0.15) is 0 Å². The highest BCUT2D eigenvalue weighted by atomic mass is 19.1. The molecule has 1 rings (SSSR count). The number of aliphatic hydroxyl groups excluding tert-OH is 1. The lowest BCUT2D eigenvalue weighted by Gasteiger charge is -2.13. The fourth-order valence-electron chi connectivity index (χ4n) is 1.53. The van der Waals surface area contributed by atoms with Crippen LogP contribution < -0.4 is 10.5 Å². The molecule has 0 fully saturated rings. The molecule has 0 aliphatic rings. The van der Waals surface area contributed by atoms with Crippen LogP contribution in [0, 0.1) is 5.82 Å². The van der Waals surface area contributed by atoms with E-state index in [0.717, 1.165) is 12.8 Å². The molecule has 0 radical (unpaired) electrons. The summed E-state index contributed by atoms with van der Waals surface area (Å²) < 4.78 is 23.8. The molecule has 1 aromatic carbocycles. The van der Waals surface area contributed by atoms with E-state index >= 15 is 0 Å². The third-order valence-corrected chi connectivity index (χ3v) is 2.56. The van der Waals surface area contributed by atoms with Crippen molar-refractivity contribution in [2.75, 3.05) is 19.8 Å². The van der Waals surface area contributed by atoms with Gasteiger partial charge in [-0.15, -0.1) is 0 Å². The van der Waals surface area contributed by atoms with E-state index in [9.17, 15) is 9.50 Å². The molecule has 0 aliphatic heterocycles. The minimum absolute atomic E-state index is 0.0690. The molecule has 0 saturated carbocycles. The van der Waals surface area contributed by atoms with E-state index in [0.29, 0.717) is 17.9 Å². The van der Waals surface area contributed by atoms with Gasteiger partial charge < -0.3 is 20.3 Å². The summed E-state index contributed by atoms with van der Waals surface area (Å²) in [5.74, 6) is -0.0281. The van der Waals surface area contributed by atoms with Crippen molar-refractivity contribution in [2.24, 2.45) is 5.73 Å². The Bertz CT molecular complexity index is 374. The molecular weight excluding hydrogens is 249 g/mol. The summed E-state index contributed by atoms with van der Waals surface area (Å²) in [5.41, 5.74) is 6.10. The molecule has 1 atom stereocenters. The molecule has 1 aromatic rings. The first-order valence-corrected chi connectivity index (χ1v) is 6.53. The quantitative estimate of drug-likeness (QED) is 0.673. The fourth-order valence-corrected chi connectivity index (χ4v) is 1.53. The van der Waals surface area contributed by atoms with E-state index in [1.165, 1.54) is 12.1 Å². The average molecular weight is 271 g/mol. The highest BCUT2D eigenvalue weighted by Gasteiger charge is 2.07. The first-order valence-electron chi connectivity index (χ1n) is 6.53. The number of benzene rings is 1. The Morgan fingerprint density at radius 1 is 1.32 bits per heavy atom. The molecule has 19 heavy (non-hydrogen) atoms. The largest absolute Gasteiger partial charge is 0.491 e. The second kappa shape index (κ2) is 8.85. The third-order valence-electron chi connectivity index (χ3n) is 2.56. The third kappa shape index (κ3) is 6.52. The number of hydrogen-bond acceptors (Lipinski definition) is 4. The highest BCUT2D eigenvalue weighted by Crippen LogP contribution is 2.16. The van der Waals surface area contributed by atoms with Crippen molar-refractivity contribution < 1.29 is 19.0 Å². The Kier molecular flexibility index (Phi) is 7.40. The van der Waals surface area contributed by atoms with Gasteiger partial charge in [0, 0.05) is 19.2 Å². The average Bonchev–Trinajstić information content (AvgIpc) is 2.40. The van der Waals surface area contributed by atoms with Crippen molar-refractivity contribution >= 4 is 0 Å². The van der Waals surface area contributed by atoms with Crippen molar-refractivity contribution in [1.29, 1.82) is 0 Å². The van der Waals surface area contributed by atoms with Crippen molar-refractivity contribution in [1.82, 2.24) is 0 Å². The lowest BCUT2D eigenvalue weighted by Crippen LogP contribution is -2.23. The molecule has 0 amide bonds. The number of rotatable bonds is 9. The van der Waals surface area contributed by atoms with Crippen LogP contribution in [0.3, 0.4) is 0 Å². The zero-order valence-corrected chi connectivity index (χ0v) is 11.3. The summed E-state index contributed by atoms with van der Waals surface area (Å²) >= 11 is 0. The van der Waals surface area contributed by atoms with Crippen molar-refractivity contribution in [3.05, 3.63) is 29.6 Å². The van der Waals surface area contributed by atoms with Crippen LogP contribution in [-0.2, 0) is 11.3 Å². The Hall–Kier alpha value is -1.17. The van der Waals surface area contributed by atoms with Crippen LogP contribution in [0.2, 0.25) is 0 Å². The fraction of sp³-hybridized carbons (Fsp3) is 0.571. The molecule has 5 heteroatoms. The highest BCUT2D eigenvalue weighted by molar-refractivity contribution is 5.29. The van der Waals surface area contributed by atoms with Crippen molar-refractivity contribution in [2.45, 2.75) is 32.4 Å². The van der Waals surface area contributed by atoms with Gasteiger partial charge in [-0.05, 0) is 24.1 Å². The summed E-state index contributed by atoms with van der Waals surface area (Å²) in [5, 5.41) is 9.64. The Labute approximate surface area is 113 Å². The molecule has 0 bridgehead atoms. The Morgan fingerprint density at radius 3 is 2.79 bits per heavy atom. The zero-order chi connectivity index (χ0) is 14.1. The first kappa shape index (κ1) is 15.9. The molecule has 1 unspecified atom stereocenters. The monoisotopic (exact) mass is 271 g/mol. The van der Waals surface area contributed by atoms with E-state index in [-0.39, 0.29) is 19.8 Å². The van der Waals surface area contributed by atoms with Crippen LogP contribution in [0.4, 0.5) is 4.39 Å². The lowest BCUT2D eigenvalue weighted by molar-refractivity contribution is 0.0112. The van der Waals surface area contributed by atoms with E-state index in [2.05, 4.69) is 6.92 Å². The van der Waals surface area contributed by atoms with Crippen LogP contribution in [-0.4, -0.2) is 31.0 Å². The van der Waals surface area contributed by atoms with Gasteiger partial charge in [0.2, 0.25) is 0 Å². The maximum Gasteiger partial charge on any atom is 0.127 e. The number of aliphatic hydroxyl groups is 1. The molecular formula is C14H22FNO3. The normalized spacial score (nSPS) is 12.4. The summed E-state index contributed by atoms with van der Waals surface area (Å²) in [7, 11) is 0. The topological polar surface area (TPSA) is 64.7 Å². The lowest BCUT2D eigenvalue weighted by atomic mass is 10.2. The predicted octanol–water partition coefficient (Wildman–Crippen LogP) is 1.84. The van der Waals surface area contributed by atoms with Crippen molar-refractivity contribution in [3.8, 4) is 5.75 Å². The number of nitrogens with two attached hydrogens (primary N) is 1. The van der Waals surface area contributed by atoms with E-state index < -0.39 is 11.9 Å². The van der Waals surface area contributed by atoms with Gasteiger partial charge >= 0.3 is 0 Å². The van der Waals surface area contributed by atoms with Gasteiger partial charge in [0.05, 0.1) is 6.61 Å². The minimum atomic E-state index is -0.721. The van der Waals surface area contributed by atoms with E-state index in [1.54, 1.807) is 6.07 Å². The molecule has 4 nitrogen and oxygen atoms in total. The van der Waals surface area contributed by atoms with Gasteiger partial charge in [0.25, 0.3) is 0 Å². The second-order valence-electron chi connectivity index (χ2n) is 4.39. The molecule has 0 aliphatic carbocycles. The number of hydrogen-bond donors (Lipinski definition) is 2. The number of halogens is 1. The van der Waals surface area contributed by atoms with Gasteiger partial charge in [-0.1, -0.05) is 13.3 Å². The number of ether oxygens (including phenoxy) is 2. The standard InChI is InChI=1S/C14H22FNO3/c1-2-3-4-18-9-13(17)10-19-14-6-11(8-16)5-12(15)7-14/h5-7,13,17H,2-4,8-10,16H2,1H3. The van der Waals surface area contributed by atoms with Gasteiger partial charge in [0.1, 0.15) is 24.3 Å². The van der Waals surface area contributed by atoms with E-state index in [1.807, 2.05) is 0 Å². The smallest absolute Gasteiger partial charge is 0.127 e. The molecule has 0 heterocycles. The van der Waals surface area contributed by atoms with Crippen molar-refractivity contribution in [3.63, 3.8) is 0 Å². The predicted molar refractivity (Wildman–Crippen MR) is 71.5 cm³/mol. The number of unbranched alkanes of at least 4 members (excludes halogenated alkanes) is 1. The van der Waals surface area contributed by atoms with Crippen LogP contribution in [0.25, 0.3) is 0 Å². The Balaban J connectivity index is 2.33. The van der Waals surface area contributed by atoms with E-state index in [4.69, 9.17) is 15.2 Å². The van der Waals surface area contributed by atoms with Crippen LogP contribution in [0.1, 0.15) is 25.3 Å². The molecule has 0 aromatic heterocycles. The molecule has 108 valence electrons. The van der Waals surface area contributed by atoms with Crippen LogP contribution >= 0.6 is 0 Å². The van der Waals surface area contributed by atoms with Gasteiger partial charge in [-0.3, -0.25) is 0 Å². The maximum atomic E-state index is 13.2. The summed E-state index contributed by atoms with van der Waals surface area (Å²) in [4.78, 5) is 0. The second-order valence-corrected chi connectivity index (χ2v) is 4.39. The van der Waals surface area contributed by atoms with Gasteiger partial charge in [0.15, 0.2) is 0 Å². The summed E-state index contributed by atoms with van der Waals surface area (Å²) in [6, 6.07) is 4.29. The molecule has 0 saturated heterocycles. The Morgan fingerprint density at radius 2 is 2.11 bits per heavy atom. The maximum absolute atomic E-state index is 13.2. The first-order chi connectivity index (χ1) is 9.15. The molecule has 0 spiro atoms. The SMILES string of the molecule is CCCCOCC(O)COc1cc(F)cc(CN)c1. The zero-order valence-electron chi connectivity index (χ0n) is 11.3. The molecule has 3 N–H and O–H groups in total. The summed E-state index contributed by atoms with van der Waals surface area (Å²) in [6.45, 7) is 3.24. The van der Waals surface area contributed by atoms with Gasteiger partial charge in [-0.25, -0.2) is 4.39 Å².